The lowest BCUT2D eigenvalue weighted by molar-refractivity contribution is 0.0701. The molecule has 2 heterocycles. The van der Waals surface area contributed by atoms with E-state index < -0.39 is 5.91 Å². The van der Waals surface area contributed by atoms with E-state index in [1.165, 1.54) is 19.3 Å². The number of hydroxylamine groups is 1. The van der Waals surface area contributed by atoms with Crippen molar-refractivity contribution in [2.45, 2.75) is 19.3 Å². The molecule has 1 fully saturated rings. The molecule has 0 aliphatic carbocycles. The van der Waals surface area contributed by atoms with E-state index in [1.54, 1.807) is 17.7 Å². The Morgan fingerprint density at radius 2 is 2.06 bits per heavy atom. The number of piperidine rings is 1. The zero-order valence-corrected chi connectivity index (χ0v) is 10.2. The summed E-state index contributed by atoms with van der Waals surface area (Å²) in [6.45, 7) is 2.04. The molecule has 0 bridgehead atoms. The molecule has 5 nitrogen and oxygen atoms in total. The number of hydrogen-bond donors (Lipinski definition) is 2. The maximum Gasteiger partial charge on any atom is 0.293 e. The second-order valence-electron chi connectivity index (χ2n) is 3.89. The molecule has 2 rings (SSSR count). The van der Waals surface area contributed by atoms with Crippen molar-refractivity contribution in [2.24, 2.45) is 0 Å². The highest BCUT2D eigenvalue weighted by molar-refractivity contribution is 5.92. The van der Waals surface area contributed by atoms with E-state index >= 15 is 0 Å². The van der Waals surface area contributed by atoms with Crippen LogP contribution in [0.2, 0.25) is 0 Å². The molecule has 2 N–H and O–H groups in total. The highest BCUT2D eigenvalue weighted by Gasteiger charge is 2.13. The number of pyridine rings is 1. The molecule has 0 radical (unpaired) electrons. The van der Waals surface area contributed by atoms with Crippen LogP contribution in [0.25, 0.3) is 0 Å². The van der Waals surface area contributed by atoms with Crippen LogP contribution in [0.15, 0.2) is 18.3 Å². The van der Waals surface area contributed by atoms with E-state index in [2.05, 4.69) is 9.88 Å². The zero-order chi connectivity index (χ0) is 11.4. The van der Waals surface area contributed by atoms with E-state index in [4.69, 9.17) is 5.21 Å². The number of hydrogen-bond acceptors (Lipinski definition) is 4. The fourth-order valence-electron chi connectivity index (χ4n) is 1.95. The molecule has 0 aromatic carbocycles. The molecule has 17 heavy (non-hydrogen) atoms. The largest absolute Gasteiger partial charge is 0.371 e. The number of anilines is 1. The standard InChI is InChI=1S/C11H15N3O2.ClH/c15-11(13-16)10-8-9(4-5-12-10)14-6-2-1-3-7-14;/h4-5,8,16H,1-3,6-7H2,(H,13,15);1H. The Bertz CT molecular complexity index is 381. The van der Waals surface area contributed by atoms with Crippen molar-refractivity contribution < 1.29 is 10.0 Å². The predicted molar refractivity (Wildman–Crippen MR) is 66.8 cm³/mol. The van der Waals surface area contributed by atoms with Gasteiger partial charge in [-0.2, -0.15) is 0 Å². The minimum atomic E-state index is -0.571. The highest BCUT2D eigenvalue weighted by Crippen LogP contribution is 2.19. The predicted octanol–water partition coefficient (Wildman–Crippen LogP) is 1.61. The van der Waals surface area contributed by atoms with E-state index in [1.807, 2.05) is 6.07 Å². The van der Waals surface area contributed by atoms with Gasteiger partial charge < -0.3 is 4.90 Å². The van der Waals surface area contributed by atoms with Crippen molar-refractivity contribution in [3.05, 3.63) is 24.0 Å². The monoisotopic (exact) mass is 257 g/mol. The Labute approximate surface area is 106 Å². The van der Waals surface area contributed by atoms with Gasteiger partial charge in [0.05, 0.1) is 0 Å². The second kappa shape index (κ2) is 6.42. The summed E-state index contributed by atoms with van der Waals surface area (Å²) < 4.78 is 0. The van der Waals surface area contributed by atoms with Gasteiger partial charge in [-0.25, -0.2) is 5.48 Å². The summed E-state index contributed by atoms with van der Waals surface area (Å²) in [5.41, 5.74) is 2.83. The smallest absolute Gasteiger partial charge is 0.293 e. The van der Waals surface area contributed by atoms with E-state index in [-0.39, 0.29) is 18.1 Å². The molecule has 0 saturated carbocycles. The Balaban J connectivity index is 0.00000144. The molecule has 0 spiro atoms. The van der Waals surface area contributed by atoms with Crippen molar-refractivity contribution in [2.75, 3.05) is 18.0 Å². The fourth-order valence-corrected chi connectivity index (χ4v) is 1.95. The van der Waals surface area contributed by atoms with Gasteiger partial charge in [-0.1, -0.05) is 0 Å². The number of amides is 1. The molecule has 1 aromatic rings. The molecule has 1 saturated heterocycles. The molecule has 1 aliphatic rings. The van der Waals surface area contributed by atoms with Gasteiger partial charge in [0.2, 0.25) is 0 Å². The Morgan fingerprint density at radius 1 is 1.35 bits per heavy atom. The molecular weight excluding hydrogens is 242 g/mol. The van der Waals surface area contributed by atoms with Crippen LogP contribution in [0.3, 0.4) is 0 Å². The molecule has 0 unspecified atom stereocenters. The third-order valence-electron chi connectivity index (χ3n) is 2.80. The Hall–Kier alpha value is -1.33. The molecular formula is C11H16ClN3O2. The summed E-state index contributed by atoms with van der Waals surface area (Å²) in [5, 5.41) is 8.54. The van der Waals surface area contributed by atoms with Crippen LogP contribution in [0.4, 0.5) is 5.69 Å². The first-order valence-electron chi connectivity index (χ1n) is 5.46. The summed E-state index contributed by atoms with van der Waals surface area (Å²) in [6, 6.07) is 3.59. The Morgan fingerprint density at radius 3 is 2.71 bits per heavy atom. The van der Waals surface area contributed by atoms with E-state index in [9.17, 15) is 4.79 Å². The molecule has 1 aliphatic heterocycles. The van der Waals surface area contributed by atoms with Crippen LogP contribution in [0, 0.1) is 0 Å². The summed E-state index contributed by atoms with van der Waals surface area (Å²) in [5.74, 6) is -0.571. The van der Waals surface area contributed by atoms with Gasteiger partial charge in [0.1, 0.15) is 5.69 Å². The third-order valence-corrected chi connectivity index (χ3v) is 2.80. The Kier molecular flexibility index (Phi) is 5.18. The number of halogens is 1. The number of aromatic nitrogens is 1. The lowest BCUT2D eigenvalue weighted by Crippen LogP contribution is -2.30. The van der Waals surface area contributed by atoms with Crippen molar-refractivity contribution in [3.63, 3.8) is 0 Å². The molecule has 1 aromatic heterocycles. The fraction of sp³-hybridized carbons (Fsp3) is 0.455. The minimum Gasteiger partial charge on any atom is -0.371 e. The van der Waals surface area contributed by atoms with Gasteiger partial charge in [-0.15, -0.1) is 12.4 Å². The topological polar surface area (TPSA) is 65.5 Å². The van der Waals surface area contributed by atoms with Gasteiger partial charge in [0.15, 0.2) is 0 Å². The lowest BCUT2D eigenvalue weighted by Gasteiger charge is -2.28. The van der Waals surface area contributed by atoms with Crippen LogP contribution < -0.4 is 10.4 Å². The van der Waals surface area contributed by atoms with Crippen molar-refractivity contribution in [1.29, 1.82) is 0 Å². The quantitative estimate of drug-likeness (QED) is 0.624. The number of carbonyl (C=O) groups excluding carboxylic acids is 1. The maximum atomic E-state index is 11.2. The van der Waals surface area contributed by atoms with Gasteiger partial charge in [0, 0.05) is 25.0 Å². The normalized spacial score (nSPS) is 15.0. The summed E-state index contributed by atoms with van der Waals surface area (Å²) in [7, 11) is 0. The number of nitrogens with one attached hydrogen (secondary N) is 1. The van der Waals surface area contributed by atoms with E-state index in [0.717, 1.165) is 18.8 Å². The molecule has 6 heteroatoms. The van der Waals surface area contributed by atoms with Gasteiger partial charge in [-0.05, 0) is 31.4 Å². The van der Waals surface area contributed by atoms with Gasteiger partial charge in [0.25, 0.3) is 5.91 Å². The summed E-state index contributed by atoms with van der Waals surface area (Å²) in [6.07, 6.45) is 5.23. The molecule has 0 atom stereocenters. The SMILES string of the molecule is Cl.O=C(NO)c1cc(N2CCCCC2)ccn1. The van der Waals surface area contributed by atoms with Crippen molar-refractivity contribution in [3.8, 4) is 0 Å². The maximum absolute atomic E-state index is 11.2. The summed E-state index contributed by atoms with van der Waals surface area (Å²) in [4.78, 5) is 17.3. The summed E-state index contributed by atoms with van der Waals surface area (Å²) >= 11 is 0. The molecule has 1 amide bonds. The average Bonchev–Trinajstić information content (AvgIpc) is 2.39. The number of carbonyl (C=O) groups is 1. The van der Waals surface area contributed by atoms with Gasteiger partial charge in [-0.3, -0.25) is 15.0 Å². The number of rotatable bonds is 2. The highest BCUT2D eigenvalue weighted by atomic mass is 35.5. The van der Waals surface area contributed by atoms with Crippen LogP contribution in [-0.2, 0) is 0 Å². The first-order chi connectivity index (χ1) is 7.81. The molecule has 94 valence electrons. The zero-order valence-electron chi connectivity index (χ0n) is 9.43. The van der Waals surface area contributed by atoms with Crippen molar-refractivity contribution >= 4 is 24.0 Å². The van der Waals surface area contributed by atoms with Crippen LogP contribution in [0.5, 0.6) is 0 Å². The van der Waals surface area contributed by atoms with Crippen molar-refractivity contribution in [1.82, 2.24) is 10.5 Å². The second-order valence-corrected chi connectivity index (χ2v) is 3.89. The minimum absolute atomic E-state index is 0. The number of nitrogens with zero attached hydrogens (tertiary/aromatic N) is 2. The van der Waals surface area contributed by atoms with E-state index in [0.29, 0.717) is 0 Å². The van der Waals surface area contributed by atoms with Crippen LogP contribution in [-0.4, -0.2) is 29.2 Å². The third kappa shape index (κ3) is 3.31. The van der Waals surface area contributed by atoms with Crippen LogP contribution in [0.1, 0.15) is 29.8 Å². The first-order valence-corrected chi connectivity index (χ1v) is 5.46. The van der Waals surface area contributed by atoms with Crippen LogP contribution >= 0.6 is 12.4 Å². The average molecular weight is 258 g/mol. The lowest BCUT2D eigenvalue weighted by atomic mass is 10.1. The van der Waals surface area contributed by atoms with Gasteiger partial charge >= 0.3 is 0 Å². The first kappa shape index (κ1) is 13.7.